The molecule has 0 spiro atoms. The Morgan fingerprint density at radius 1 is 1.43 bits per heavy atom. The van der Waals surface area contributed by atoms with Crippen LogP contribution in [0.25, 0.3) is 0 Å². The third-order valence-corrected chi connectivity index (χ3v) is 4.81. The first-order valence-electron chi connectivity index (χ1n) is 7.06. The van der Waals surface area contributed by atoms with Crippen LogP contribution >= 0.6 is 0 Å². The van der Waals surface area contributed by atoms with E-state index >= 15 is 0 Å². The van der Waals surface area contributed by atoms with E-state index in [4.69, 9.17) is 0 Å². The SMILES string of the molecule is CCS(=O)(=O)Nc1ccc(NC(=O)C2CCCN2)cc1C. The first kappa shape index (κ1) is 15.8. The number of anilines is 2. The minimum atomic E-state index is -3.29. The van der Waals surface area contributed by atoms with Gasteiger partial charge in [-0.2, -0.15) is 0 Å². The van der Waals surface area contributed by atoms with Crippen molar-refractivity contribution in [1.82, 2.24) is 5.32 Å². The second-order valence-electron chi connectivity index (χ2n) is 5.17. The smallest absolute Gasteiger partial charge is 0.241 e. The van der Waals surface area contributed by atoms with Crippen LogP contribution < -0.4 is 15.4 Å². The molecule has 7 heteroatoms. The third-order valence-electron chi connectivity index (χ3n) is 3.52. The molecule has 0 bridgehead atoms. The second kappa shape index (κ2) is 6.44. The van der Waals surface area contributed by atoms with E-state index in [0.29, 0.717) is 11.4 Å². The maximum atomic E-state index is 12.0. The predicted molar refractivity (Wildman–Crippen MR) is 83.9 cm³/mol. The van der Waals surface area contributed by atoms with Crippen LogP contribution in [0.4, 0.5) is 11.4 Å². The zero-order chi connectivity index (χ0) is 15.5. The molecule has 1 aliphatic rings. The number of aryl methyl sites for hydroxylation is 1. The van der Waals surface area contributed by atoms with Gasteiger partial charge in [0.15, 0.2) is 0 Å². The van der Waals surface area contributed by atoms with Crippen molar-refractivity contribution in [2.24, 2.45) is 0 Å². The van der Waals surface area contributed by atoms with E-state index in [1.54, 1.807) is 32.0 Å². The van der Waals surface area contributed by atoms with Gasteiger partial charge in [-0.3, -0.25) is 9.52 Å². The molecule has 1 amide bonds. The van der Waals surface area contributed by atoms with Crippen molar-refractivity contribution < 1.29 is 13.2 Å². The van der Waals surface area contributed by atoms with Crippen LogP contribution in [0.5, 0.6) is 0 Å². The molecule has 1 aromatic carbocycles. The zero-order valence-corrected chi connectivity index (χ0v) is 13.1. The molecule has 0 radical (unpaired) electrons. The highest BCUT2D eigenvalue weighted by atomic mass is 32.2. The van der Waals surface area contributed by atoms with Crippen LogP contribution in [-0.2, 0) is 14.8 Å². The Morgan fingerprint density at radius 3 is 2.76 bits per heavy atom. The molecule has 1 heterocycles. The molecule has 6 nitrogen and oxygen atoms in total. The summed E-state index contributed by atoms with van der Waals surface area (Å²) in [5, 5.41) is 5.99. The normalized spacial score (nSPS) is 18.5. The summed E-state index contributed by atoms with van der Waals surface area (Å²) < 4.78 is 25.7. The summed E-state index contributed by atoms with van der Waals surface area (Å²) in [6.45, 7) is 4.26. The molecule has 0 saturated carbocycles. The summed E-state index contributed by atoms with van der Waals surface area (Å²) in [6, 6.07) is 5.00. The van der Waals surface area contributed by atoms with Gasteiger partial charge >= 0.3 is 0 Å². The highest BCUT2D eigenvalue weighted by Gasteiger charge is 2.22. The Bertz CT molecular complexity index is 622. The van der Waals surface area contributed by atoms with Crippen LogP contribution in [0, 0.1) is 6.92 Å². The average Bonchev–Trinajstić information content (AvgIpc) is 2.96. The lowest BCUT2D eigenvalue weighted by molar-refractivity contribution is -0.117. The molecular formula is C14H21N3O3S. The van der Waals surface area contributed by atoms with E-state index in [-0.39, 0.29) is 17.7 Å². The molecular weight excluding hydrogens is 290 g/mol. The zero-order valence-electron chi connectivity index (χ0n) is 12.3. The third kappa shape index (κ3) is 4.18. The number of carbonyl (C=O) groups is 1. The number of hydrogen-bond donors (Lipinski definition) is 3. The van der Waals surface area contributed by atoms with Crippen LogP contribution in [0.2, 0.25) is 0 Å². The standard InChI is InChI=1S/C14H21N3O3S/c1-3-21(19,20)17-12-7-6-11(9-10(12)2)16-14(18)13-5-4-8-15-13/h6-7,9,13,15,17H,3-5,8H2,1-2H3,(H,16,18). The summed E-state index contributed by atoms with van der Waals surface area (Å²) in [5.74, 6) is -0.0213. The van der Waals surface area contributed by atoms with E-state index in [0.717, 1.165) is 24.9 Å². The number of sulfonamides is 1. The van der Waals surface area contributed by atoms with E-state index in [1.165, 1.54) is 0 Å². The molecule has 1 unspecified atom stereocenters. The lowest BCUT2D eigenvalue weighted by Gasteiger charge is -2.14. The summed E-state index contributed by atoms with van der Waals surface area (Å²) >= 11 is 0. The second-order valence-corrected chi connectivity index (χ2v) is 7.18. The molecule has 0 aliphatic carbocycles. The molecule has 2 rings (SSSR count). The predicted octanol–water partition coefficient (Wildman–Crippen LogP) is 1.45. The number of amides is 1. The monoisotopic (exact) mass is 311 g/mol. The summed E-state index contributed by atoms with van der Waals surface area (Å²) in [6.07, 6.45) is 1.86. The first-order valence-corrected chi connectivity index (χ1v) is 8.72. The Balaban J connectivity index is 2.06. The first-order chi connectivity index (χ1) is 9.91. The molecule has 3 N–H and O–H groups in total. The Labute approximate surface area is 125 Å². The molecule has 1 saturated heterocycles. The minimum Gasteiger partial charge on any atom is -0.325 e. The van der Waals surface area contributed by atoms with Crippen LogP contribution in [0.15, 0.2) is 18.2 Å². The van der Waals surface area contributed by atoms with Gasteiger partial charge in [-0.05, 0) is 57.0 Å². The van der Waals surface area contributed by atoms with Crippen molar-refractivity contribution in [1.29, 1.82) is 0 Å². The molecule has 1 fully saturated rings. The Hall–Kier alpha value is -1.60. The van der Waals surface area contributed by atoms with E-state index in [9.17, 15) is 13.2 Å². The van der Waals surface area contributed by atoms with Gasteiger partial charge in [-0.15, -0.1) is 0 Å². The summed E-state index contributed by atoms with van der Waals surface area (Å²) in [7, 11) is -3.29. The van der Waals surface area contributed by atoms with Crippen molar-refractivity contribution in [3.05, 3.63) is 23.8 Å². The lowest BCUT2D eigenvalue weighted by atomic mass is 10.1. The minimum absolute atomic E-state index is 0.0261. The van der Waals surface area contributed by atoms with Gasteiger partial charge in [0.05, 0.1) is 17.5 Å². The highest BCUT2D eigenvalue weighted by molar-refractivity contribution is 7.92. The quantitative estimate of drug-likeness (QED) is 0.768. The number of benzene rings is 1. The van der Waals surface area contributed by atoms with Crippen molar-refractivity contribution in [2.45, 2.75) is 32.7 Å². The Morgan fingerprint density at radius 2 is 2.19 bits per heavy atom. The Kier molecular flexibility index (Phi) is 4.84. The highest BCUT2D eigenvalue weighted by Crippen LogP contribution is 2.21. The summed E-state index contributed by atoms with van der Waals surface area (Å²) in [4.78, 5) is 12.0. The summed E-state index contributed by atoms with van der Waals surface area (Å²) in [5.41, 5.74) is 1.98. The van der Waals surface area contributed by atoms with Gasteiger partial charge in [0.2, 0.25) is 15.9 Å². The molecule has 1 atom stereocenters. The number of hydrogen-bond acceptors (Lipinski definition) is 4. The fourth-order valence-corrected chi connectivity index (χ4v) is 2.94. The van der Waals surface area contributed by atoms with Crippen LogP contribution in [0.3, 0.4) is 0 Å². The van der Waals surface area contributed by atoms with E-state index in [1.807, 2.05) is 0 Å². The van der Waals surface area contributed by atoms with Gasteiger partial charge in [0, 0.05) is 5.69 Å². The van der Waals surface area contributed by atoms with Gasteiger partial charge in [0.1, 0.15) is 0 Å². The largest absolute Gasteiger partial charge is 0.325 e. The van der Waals surface area contributed by atoms with Gasteiger partial charge in [-0.25, -0.2) is 8.42 Å². The molecule has 116 valence electrons. The molecule has 1 aromatic rings. The van der Waals surface area contributed by atoms with E-state index in [2.05, 4.69) is 15.4 Å². The fourth-order valence-electron chi connectivity index (χ4n) is 2.23. The van der Waals surface area contributed by atoms with Gasteiger partial charge in [-0.1, -0.05) is 0 Å². The maximum Gasteiger partial charge on any atom is 0.241 e. The van der Waals surface area contributed by atoms with E-state index < -0.39 is 10.0 Å². The topological polar surface area (TPSA) is 87.3 Å². The maximum absolute atomic E-state index is 12.0. The number of carbonyl (C=O) groups excluding carboxylic acids is 1. The van der Waals surface area contributed by atoms with Crippen molar-refractivity contribution in [2.75, 3.05) is 22.3 Å². The van der Waals surface area contributed by atoms with Gasteiger partial charge < -0.3 is 10.6 Å². The molecule has 0 aromatic heterocycles. The van der Waals surface area contributed by atoms with Crippen molar-refractivity contribution in [3.63, 3.8) is 0 Å². The number of nitrogens with one attached hydrogen (secondary N) is 3. The molecule has 1 aliphatic heterocycles. The van der Waals surface area contributed by atoms with Crippen LogP contribution in [0.1, 0.15) is 25.3 Å². The fraction of sp³-hybridized carbons (Fsp3) is 0.500. The van der Waals surface area contributed by atoms with Gasteiger partial charge in [0.25, 0.3) is 0 Å². The average molecular weight is 311 g/mol. The van der Waals surface area contributed by atoms with Crippen LogP contribution in [-0.4, -0.2) is 32.7 Å². The van der Waals surface area contributed by atoms with Crippen molar-refractivity contribution >= 4 is 27.3 Å². The van der Waals surface area contributed by atoms with Crippen molar-refractivity contribution in [3.8, 4) is 0 Å². The number of rotatable bonds is 5. The molecule has 21 heavy (non-hydrogen) atoms. The lowest BCUT2D eigenvalue weighted by Crippen LogP contribution is -2.35.